The van der Waals surface area contributed by atoms with Gasteiger partial charge in [0, 0.05) is 11.6 Å². The van der Waals surface area contributed by atoms with E-state index in [1.807, 2.05) is 0 Å². The Morgan fingerprint density at radius 1 is 1.11 bits per heavy atom. The first-order valence-electron chi connectivity index (χ1n) is 7.89. The van der Waals surface area contributed by atoms with Gasteiger partial charge in [0.1, 0.15) is 0 Å². The molecule has 0 bridgehead atoms. The number of rotatable bonds is 6. The van der Waals surface area contributed by atoms with Crippen molar-refractivity contribution in [3.63, 3.8) is 0 Å². The number of hydrogen-bond donors (Lipinski definition) is 1. The maximum atomic E-state index is 3.63. The fourth-order valence-electron chi connectivity index (χ4n) is 4.02. The zero-order chi connectivity index (χ0) is 13.8. The van der Waals surface area contributed by atoms with Crippen molar-refractivity contribution in [2.45, 2.75) is 71.9 Å². The SMILES string of the molecule is CCN(CC)C(C)(C)C(NC)C1CCC(C)CC1. The Morgan fingerprint density at radius 3 is 2.00 bits per heavy atom. The van der Waals surface area contributed by atoms with Gasteiger partial charge in [0.25, 0.3) is 0 Å². The van der Waals surface area contributed by atoms with Gasteiger partial charge >= 0.3 is 0 Å². The second-order valence-corrected chi connectivity index (χ2v) is 6.61. The summed E-state index contributed by atoms with van der Waals surface area (Å²) in [5, 5.41) is 3.63. The van der Waals surface area contributed by atoms with Gasteiger partial charge in [0.05, 0.1) is 0 Å². The van der Waals surface area contributed by atoms with Crippen molar-refractivity contribution in [2.75, 3.05) is 20.1 Å². The molecule has 1 fully saturated rings. The Balaban J connectivity index is 2.74. The largest absolute Gasteiger partial charge is 0.315 e. The molecular formula is C16H34N2. The van der Waals surface area contributed by atoms with Gasteiger partial charge in [-0.05, 0) is 58.7 Å². The van der Waals surface area contributed by atoms with Crippen molar-refractivity contribution in [1.29, 1.82) is 0 Å². The topological polar surface area (TPSA) is 15.3 Å². The van der Waals surface area contributed by atoms with Gasteiger partial charge < -0.3 is 5.32 Å². The third-order valence-corrected chi connectivity index (χ3v) is 5.18. The highest BCUT2D eigenvalue weighted by Crippen LogP contribution is 2.35. The van der Waals surface area contributed by atoms with E-state index in [9.17, 15) is 0 Å². The molecule has 0 aliphatic heterocycles. The van der Waals surface area contributed by atoms with Crippen LogP contribution < -0.4 is 5.32 Å². The molecule has 1 rings (SSSR count). The van der Waals surface area contributed by atoms with Crippen LogP contribution in [0.15, 0.2) is 0 Å². The van der Waals surface area contributed by atoms with Gasteiger partial charge in [0.15, 0.2) is 0 Å². The zero-order valence-corrected chi connectivity index (χ0v) is 13.4. The third-order valence-electron chi connectivity index (χ3n) is 5.18. The molecule has 1 saturated carbocycles. The molecule has 0 radical (unpaired) electrons. The standard InChI is InChI=1S/C16H34N2/c1-7-18(8-2)16(4,5)15(17-6)14-11-9-13(3)10-12-14/h13-15,17H,7-12H2,1-6H3. The molecule has 0 heterocycles. The summed E-state index contributed by atoms with van der Waals surface area (Å²) in [6, 6.07) is 0.616. The first-order valence-corrected chi connectivity index (χ1v) is 7.89. The van der Waals surface area contributed by atoms with Gasteiger partial charge in [-0.2, -0.15) is 0 Å². The van der Waals surface area contributed by atoms with Gasteiger partial charge in [-0.3, -0.25) is 4.90 Å². The van der Waals surface area contributed by atoms with E-state index in [1.54, 1.807) is 0 Å². The van der Waals surface area contributed by atoms with Gasteiger partial charge in [-0.15, -0.1) is 0 Å². The normalized spacial score (nSPS) is 27.5. The summed E-state index contributed by atoms with van der Waals surface area (Å²) >= 11 is 0. The van der Waals surface area contributed by atoms with Crippen LogP contribution in [0.25, 0.3) is 0 Å². The Bertz CT molecular complexity index is 225. The lowest BCUT2D eigenvalue weighted by Crippen LogP contribution is -2.60. The van der Waals surface area contributed by atoms with Gasteiger partial charge in [-0.25, -0.2) is 0 Å². The molecular weight excluding hydrogens is 220 g/mol. The maximum Gasteiger partial charge on any atom is 0.0308 e. The number of nitrogens with zero attached hydrogens (tertiary/aromatic N) is 1. The Hall–Kier alpha value is -0.0800. The summed E-state index contributed by atoms with van der Waals surface area (Å²) in [6.07, 6.45) is 5.63. The summed E-state index contributed by atoms with van der Waals surface area (Å²) in [4.78, 5) is 2.60. The van der Waals surface area contributed by atoms with Crippen LogP contribution in [0, 0.1) is 11.8 Å². The van der Waals surface area contributed by atoms with Crippen LogP contribution in [-0.2, 0) is 0 Å². The number of hydrogen-bond acceptors (Lipinski definition) is 2. The lowest BCUT2D eigenvalue weighted by atomic mass is 9.73. The number of nitrogens with one attached hydrogen (secondary N) is 1. The Labute approximate surface area is 115 Å². The highest BCUT2D eigenvalue weighted by molar-refractivity contribution is 4.97. The molecule has 1 unspecified atom stereocenters. The van der Waals surface area contributed by atoms with Crippen LogP contribution in [0.5, 0.6) is 0 Å². The average Bonchev–Trinajstić information content (AvgIpc) is 2.33. The van der Waals surface area contributed by atoms with Crippen LogP contribution >= 0.6 is 0 Å². The number of likely N-dealkylation sites (N-methyl/N-ethyl adjacent to an activating group) is 2. The molecule has 0 saturated heterocycles. The summed E-state index contributed by atoms with van der Waals surface area (Å²) < 4.78 is 0. The summed E-state index contributed by atoms with van der Waals surface area (Å²) in [5.41, 5.74) is 0.253. The first kappa shape index (κ1) is 16.0. The van der Waals surface area contributed by atoms with Gasteiger partial charge in [0.2, 0.25) is 0 Å². The van der Waals surface area contributed by atoms with Crippen molar-refractivity contribution >= 4 is 0 Å². The molecule has 0 aromatic carbocycles. The van der Waals surface area contributed by atoms with Crippen LogP contribution in [0.3, 0.4) is 0 Å². The van der Waals surface area contributed by atoms with E-state index in [-0.39, 0.29) is 5.54 Å². The predicted molar refractivity (Wildman–Crippen MR) is 81.0 cm³/mol. The predicted octanol–water partition coefficient (Wildman–Crippen LogP) is 3.52. The molecule has 1 aliphatic rings. The fourth-order valence-corrected chi connectivity index (χ4v) is 4.02. The minimum Gasteiger partial charge on any atom is -0.315 e. The first-order chi connectivity index (χ1) is 8.47. The minimum absolute atomic E-state index is 0.253. The second-order valence-electron chi connectivity index (χ2n) is 6.61. The van der Waals surface area contributed by atoms with E-state index in [1.165, 1.54) is 25.7 Å². The van der Waals surface area contributed by atoms with Crippen LogP contribution in [0.4, 0.5) is 0 Å². The van der Waals surface area contributed by atoms with E-state index >= 15 is 0 Å². The molecule has 0 spiro atoms. The summed E-state index contributed by atoms with van der Waals surface area (Å²) in [7, 11) is 2.15. The Morgan fingerprint density at radius 2 is 1.61 bits per heavy atom. The molecule has 0 aromatic rings. The molecule has 18 heavy (non-hydrogen) atoms. The quantitative estimate of drug-likeness (QED) is 0.780. The van der Waals surface area contributed by atoms with Crippen LogP contribution in [-0.4, -0.2) is 36.6 Å². The smallest absolute Gasteiger partial charge is 0.0308 e. The molecule has 2 nitrogen and oxygen atoms in total. The zero-order valence-electron chi connectivity index (χ0n) is 13.4. The van der Waals surface area contributed by atoms with E-state index in [0.29, 0.717) is 6.04 Å². The molecule has 1 N–H and O–H groups in total. The van der Waals surface area contributed by atoms with E-state index < -0.39 is 0 Å². The lowest BCUT2D eigenvalue weighted by molar-refractivity contribution is 0.0539. The molecule has 1 atom stereocenters. The molecule has 0 aromatic heterocycles. The van der Waals surface area contributed by atoms with E-state index in [2.05, 4.69) is 51.9 Å². The Kier molecular flexibility index (Phi) is 6.13. The van der Waals surface area contributed by atoms with Gasteiger partial charge in [-0.1, -0.05) is 33.6 Å². The molecule has 2 heteroatoms. The van der Waals surface area contributed by atoms with Crippen molar-refractivity contribution in [3.05, 3.63) is 0 Å². The maximum absolute atomic E-state index is 3.63. The minimum atomic E-state index is 0.253. The second kappa shape index (κ2) is 6.91. The van der Waals surface area contributed by atoms with E-state index in [0.717, 1.165) is 24.9 Å². The van der Waals surface area contributed by atoms with Crippen molar-refractivity contribution < 1.29 is 0 Å². The van der Waals surface area contributed by atoms with Crippen molar-refractivity contribution in [2.24, 2.45) is 11.8 Å². The molecule has 108 valence electrons. The monoisotopic (exact) mass is 254 g/mol. The highest BCUT2D eigenvalue weighted by atomic mass is 15.2. The molecule has 0 amide bonds. The fraction of sp³-hybridized carbons (Fsp3) is 1.00. The molecule has 1 aliphatic carbocycles. The average molecular weight is 254 g/mol. The van der Waals surface area contributed by atoms with E-state index in [4.69, 9.17) is 0 Å². The highest BCUT2D eigenvalue weighted by Gasteiger charge is 2.38. The summed E-state index contributed by atoms with van der Waals surface area (Å²) in [5.74, 6) is 1.79. The summed E-state index contributed by atoms with van der Waals surface area (Å²) in [6.45, 7) is 14.1. The lowest BCUT2D eigenvalue weighted by Gasteiger charge is -2.48. The van der Waals surface area contributed by atoms with Crippen LogP contribution in [0.1, 0.15) is 60.3 Å². The van der Waals surface area contributed by atoms with Crippen molar-refractivity contribution in [1.82, 2.24) is 10.2 Å². The van der Waals surface area contributed by atoms with Crippen molar-refractivity contribution in [3.8, 4) is 0 Å². The van der Waals surface area contributed by atoms with Crippen LogP contribution in [0.2, 0.25) is 0 Å². The third kappa shape index (κ3) is 3.48.